The zero-order valence-electron chi connectivity index (χ0n) is 11.0. The van der Waals surface area contributed by atoms with Crippen LogP contribution in [0.4, 0.5) is 0 Å². The average molecular weight is 269 g/mol. The van der Waals surface area contributed by atoms with Crippen molar-refractivity contribution in [2.24, 2.45) is 0 Å². The van der Waals surface area contributed by atoms with Gasteiger partial charge in [-0.15, -0.1) is 0 Å². The first-order valence-electron chi connectivity index (χ1n) is 6.62. The number of nitrogens with zero attached hydrogens (tertiary/aromatic N) is 2. The molecule has 0 atom stereocenters. The van der Waals surface area contributed by atoms with Gasteiger partial charge in [0.25, 0.3) is 5.91 Å². The van der Waals surface area contributed by atoms with Gasteiger partial charge < -0.3 is 10.1 Å². The number of hydrogen-bond acceptors (Lipinski definition) is 4. The average Bonchev–Trinajstić information content (AvgIpc) is 2.53. The largest absolute Gasteiger partial charge is 0.493 e. The summed E-state index contributed by atoms with van der Waals surface area (Å²) < 4.78 is 5.57. The minimum atomic E-state index is -0.216. The molecule has 0 saturated heterocycles. The second-order valence-corrected chi connectivity index (χ2v) is 4.67. The van der Waals surface area contributed by atoms with E-state index in [1.165, 1.54) is 18.0 Å². The Labute approximate surface area is 117 Å². The molecule has 1 aromatic heterocycles. The Balaban J connectivity index is 1.65. The second kappa shape index (κ2) is 5.69. The third-order valence-electron chi connectivity index (χ3n) is 3.22. The Hall–Kier alpha value is -2.43. The van der Waals surface area contributed by atoms with E-state index in [1.807, 2.05) is 12.1 Å². The van der Waals surface area contributed by atoms with Gasteiger partial charge in [-0.3, -0.25) is 9.78 Å². The number of aromatic nitrogens is 2. The van der Waals surface area contributed by atoms with E-state index in [0.717, 1.165) is 30.8 Å². The van der Waals surface area contributed by atoms with Gasteiger partial charge in [-0.05, 0) is 30.0 Å². The highest BCUT2D eigenvalue weighted by atomic mass is 16.5. The van der Waals surface area contributed by atoms with Crippen LogP contribution in [0.3, 0.4) is 0 Å². The molecule has 20 heavy (non-hydrogen) atoms. The number of aryl methyl sites for hydroxylation is 1. The minimum absolute atomic E-state index is 0.216. The molecule has 5 heteroatoms. The standard InChI is InChI=1S/C15H15N3O2/c19-15(13-10-16-5-6-17-13)18-9-11-3-4-14-12(8-11)2-1-7-20-14/h3-6,8,10H,1-2,7,9H2,(H,18,19). The molecule has 0 spiro atoms. The van der Waals surface area contributed by atoms with Crippen LogP contribution in [-0.2, 0) is 13.0 Å². The Bertz CT molecular complexity index is 614. The third-order valence-corrected chi connectivity index (χ3v) is 3.22. The highest BCUT2D eigenvalue weighted by Gasteiger charge is 2.11. The van der Waals surface area contributed by atoms with Crippen LogP contribution in [0, 0.1) is 0 Å². The molecule has 1 amide bonds. The van der Waals surface area contributed by atoms with Crippen molar-refractivity contribution < 1.29 is 9.53 Å². The van der Waals surface area contributed by atoms with Gasteiger partial charge >= 0.3 is 0 Å². The molecule has 0 saturated carbocycles. The number of benzene rings is 1. The van der Waals surface area contributed by atoms with Crippen LogP contribution in [0.5, 0.6) is 5.75 Å². The maximum Gasteiger partial charge on any atom is 0.271 e. The van der Waals surface area contributed by atoms with E-state index >= 15 is 0 Å². The summed E-state index contributed by atoms with van der Waals surface area (Å²) in [5, 5.41) is 2.84. The monoisotopic (exact) mass is 269 g/mol. The summed E-state index contributed by atoms with van der Waals surface area (Å²) >= 11 is 0. The summed E-state index contributed by atoms with van der Waals surface area (Å²) in [6, 6.07) is 6.03. The lowest BCUT2D eigenvalue weighted by atomic mass is 10.0. The van der Waals surface area contributed by atoms with Crippen LogP contribution in [0.2, 0.25) is 0 Å². The fourth-order valence-electron chi connectivity index (χ4n) is 2.21. The Kier molecular flexibility index (Phi) is 3.58. The van der Waals surface area contributed by atoms with E-state index in [4.69, 9.17) is 4.74 Å². The van der Waals surface area contributed by atoms with Crippen molar-refractivity contribution in [3.63, 3.8) is 0 Å². The predicted octanol–water partition coefficient (Wildman–Crippen LogP) is 1.73. The molecule has 2 heterocycles. The topological polar surface area (TPSA) is 64.1 Å². The number of carbonyl (C=O) groups is 1. The molecule has 0 aliphatic carbocycles. The maximum atomic E-state index is 11.9. The lowest BCUT2D eigenvalue weighted by molar-refractivity contribution is 0.0945. The number of rotatable bonds is 3. The van der Waals surface area contributed by atoms with Crippen LogP contribution >= 0.6 is 0 Å². The Morgan fingerprint density at radius 3 is 3.15 bits per heavy atom. The van der Waals surface area contributed by atoms with Crippen molar-refractivity contribution in [2.45, 2.75) is 19.4 Å². The van der Waals surface area contributed by atoms with Gasteiger partial charge in [-0.25, -0.2) is 4.98 Å². The minimum Gasteiger partial charge on any atom is -0.493 e. The van der Waals surface area contributed by atoms with E-state index in [-0.39, 0.29) is 5.91 Å². The molecule has 0 radical (unpaired) electrons. The van der Waals surface area contributed by atoms with Gasteiger partial charge in [0.05, 0.1) is 12.8 Å². The second-order valence-electron chi connectivity index (χ2n) is 4.67. The quantitative estimate of drug-likeness (QED) is 0.921. The van der Waals surface area contributed by atoms with Crippen molar-refractivity contribution in [3.8, 4) is 5.75 Å². The number of amides is 1. The molecule has 1 aliphatic heterocycles. The number of nitrogens with one attached hydrogen (secondary N) is 1. The predicted molar refractivity (Wildman–Crippen MR) is 73.5 cm³/mol. The van der Waals surface area contributed by atoms with E-state index in [2.05, 4.69) is 21.4 Å². The third kappa shape index (κ3) is 2.77. The van der Waals surface area contributed by atoms with Crippen LogP contribution in [-0.4, -0.2) is 22.5 Å². The van der Waals surface area contributed by atoms with E-state index in [9.17, 15) is 4.79 Å². The number of hydrogen-bond donors (Lipinski definition) is 1. The van der Waals surface area contributed by atoms with Gasteiger partial charge in [-0.2, -0.15) is 0 Å². The first-order valence-corrected chi connectivity index (χ1v) is 6.62. The molecule has 2 aromatic rings. The molecule has 102 valence electrons. The van der Waals surface area contributed by atoms with Gasteiger partial charge in [0.2, 0.25) is 0 Å². The zero-order chi connectivity index (χ0) is 13.8. The molecular weight excluding hydrogens is 254 g/mol. The summed E-state index contributed by atoms with van der Waals surface area (Å²) in [6.07, 6.45) is 6.57. The van der Waals surface area contributed by atoms with Crippen molar-refractivity contribution in [2.75, 3.05) is 6.61 Å². The summed E-state index contributed by atoms with van der Waals surface area (Å²) in [5.74, 6) is 0.743. The number of fused-ring (bicyclic) bond motifs is 1. The summed E-state index contributed by atoms with van der Waals surface area (Å²) in [4.78, 5) is 19.7. The summed E-state index contributed by atoms with van der Waals surface area (Å²) in [6.45, 7) is 1.26. The molecule has 3 rings (SSSR count). The smallest absolute Gasteiger partial charge is 0.271 e. The highest BCUT2D eigenvalue weighted by Crippen LogP contribution is 2.25. The highest BCUT2D eigenvalue weighted by molar-refractivity contribution is 5.91. The Morgan fingerprint density at radius 1 is 1.35 bits per heavy atom. The van der Waals surface area contributed by atoms with E-state index in [0.29, 0.717) is 12.2 Å². The first-order chi connectivity index (χ1) is 9.83. The maximum absolute atomic E-state index is 11.9. The molecule has 1 aromatic carbocycles. The fraction of sp³-hybridized carbons (Fsp3) is 0.267. The first kappa shape index (κ1) is 12.6. The number of carbonyl (C=O) groups excluding carboxylic acids is 1. The van der Waals surface area contributed by atoms with Crippen molar-refractivity contribution in [1.29, 1.82) is 0 Å². The SMILES string of the molecule is O=C(NCc1ccc2c(c1)CCCO2)c1cnccn1. The van der Waals surface area contributed by atoms with Crippen molar-refractivity contribution in [1.82, 2.24) is 15.3 Å². The molecule has 0 unspecified atom stereocenters. The van der Waals surface area contributed by atoms with Crippen LogP contribution in [0.1, 0.15) is 28.0 Å². The van der Waals surface area contributed by atoms with Crippen molar-refractivity contribution in [3.05, 3.63) is 53.6 Å². The van der Waals surface area contributed by atoms with Crippen LogP contribution in [0.15, 0.2) is 36.8 Å². The Morgan fingerprint density at radius 2 is 2.30 bits per heavy atom. The summed E-state index contributed by atoms with van der Waals surface area (Å²) in [5.41, 5.74) is 2.60. The van der Waals surface area contributed by atoms with Crippen LogP contribution < -0.4 is 10.1 Å². The van der Waals surface area contributed by atoms with Gasteiger partial charge in [-0.1, -0.05) is 12.1 Å². The molecule has 1 aliphatic rings. The van der Waals surface area contributed by atoms with Gasteiger partial charge in [0.1, 0.15) is 11.4 Å². The van der Waals surface area contributed by atoms with Gasteiger partial charge in [0.15, 0.2) is 0 Å². The molecule has 1 N–H and O–H groups in total. The van der Waals surface area contributed by atoms with E-state index in [1.54, 1.807) is 6.20 Å². The molecule has 0 fully saturated rings. The van der Waals surface area contributed by atoms with Crippen LogP contribution in [0.25, 0.3) is 0 Å². The fourth-order valence-corrected chi connectivity index (χ4v) is 2.21. The van der Waals surface area contributed by atoms with E-state index < -0.39 is 0 Å². The summed E-state index contributed by atoms with van der Waals surface area (Å²) in [7, 11) is 0. The van der Waals surface area contributed by atoms with Crippen molar-refractivity contribution >= 4 is 5.91 Å². The lowest BCUT2D eigenvalue weighted by Gasteiger charge is -2.18. The number of ether oxygens (including phenoxy) is 1. The molecule has 5 nitrogen and oxygen atoms in total. The molecular formula is C15H15N3O2. The normalized spacial score (nSPS) is 13.2. The molecule has 0 bridgehead atoms. The van der Waals surface area contributed by atoms with Gasteiger partial charge in [0, 0.05) is 18.9 Å². The lowest BCUT2D eigenvalue weighted by Crippen LogP contribution is -2.24. The zero-order valence-corrected chi connectivity index (χ0v) is 11.0.